The third kappa shape index (κ3) is 5.36. The lowest BCUT2D eigenvalue weighted by Gasteiger charge is -2.15. The largest absolute Gasteiger partial charge is 0.345 e. The summed E-state index contributed by atoms with van der Waals surface area (Å²) in [6.45, 7) is 5.58. The van der Waals surface area contributed by atoms with E-state index in [1.54, 1.807) is 6.92 Å². The maximum Gasteiger partial charge on any atom is 0.237 e. The van der Waals surface area contributed by atoms with Crippen molar-refractivity contribution < 1.29 is 9.59 Å². The van der Waals surface area contributed by atoms with E-state index in [4.69, 9.17) is 5.73 Å². The first-order valence-corrected chi connectivity index (χ1v) is 4.48. The Morgan fingerprint density at radius 1 is 1.46 bits per heavy atom. The fourth-order valence-electron chi connectivity index (χ4n) is 0.971. The van der Waals surface area contributed by atoms with Gasteiger partial charge in [-0.15, -0.1) is 0 Å². The molecule has 4 heteroatoms. The first-order valence-electron chi connectivity index (χ1n) is 4.48. The fourth-order valence-corrected chi connectivity index (χ4v) is 0.971. The number of amides is 1. The molecular formula is C9H18N2O2. The van der Waals surface area contributed by atoms with E-state index in [-0.39, 0.29) is 5.91 Å². The van der Waals surface area contributed by atoms with Crippen LogP contribution in [0.1, 0.15) is 27.2 Å². The molecule has 2 atom stereocenters. The summed E-state index contributed by atoms with van der Waals surface area (Å²) in [6, 6.07) is -0.965. The molecule has 1 amide bonds. The van der Waals surface area contributed by atoms with Gasteiger partial charge >= 0.3 is 0 Å². The molecule has 0 fully saturated rings. The summed E-state index contributed by atoms with van der Waals surface area (Å²) < 4.78 is 0. The molecule has 0 aliphatic carbocycles. The van der Waals surface area contributed by atoms with Gasteiger partial charge in [0.25, 0.3) is 0 Å². The summed E-state index contributed by atoms with van der Waals surface area (Å²) in [5, 5.41) is 2.57. The van der Waals surface area contributed by atoms with Crippen molar-refractivity contribution in [3.63, 3.8) is 0 Å². The van der Waals surface area contributed by atoms with Gasteiger partial charge in [-0.3, -0.25) is 4.79 Å². The number of hydrogen-bond donors (Lipinski definition) is 2. The Morgan fingerprint density at radius 3 is 2.31 bits per heavy atom. The second-order valence-electron chi connectivity index (χ2n) is 3.67. The Hall–Kier alpha value is -0.900. The summed E-state index contributed by atoms with van der Waals surface area (Å²) in [4.78, 5) is 21.6. The lowest BCUT2D eigenvalue weighted by Crippen LogP contribution is -2.45. The van der Waals surface area contributed by atoms with Gasteiger partial charge in [0.1, 0.15) is 6.29 Å². The third-order valence-electron chi connectivity index (χ3n) is 1.63. The zero-order valence-electron chi connectivity index (χ0n) is 8.41. The van der Waals surface area contributed by atoms with Crippen molar-refractivity contribution in [3.8, 4) is 0 Å². The molecule has 0 radical (unpaired) electrons. The quantitative estimate of drug-likeness (QED) is 0.596. The van der Waals surface area contributed by atoms with Gasteiger partial charge in [-0.25, -0.2) is 0 Å². The summed E-state index contributed by atoms with van der Waals surface area (Å²) in [5.41, 5.74) is 5.34. The van der Waals surface area contributed by atoms with Crippen molar-refractivity contribution in [1.82, 2.24) is 5.32 Å². The van der Waals surface area contributed by atoms with Crippen LogP contribution in [-0.4, -0.2) is 24.3 Å². The molecule has 13 heavy (non-hydrogen) atoms. The Bertz CT molecular complexity index is 178. The van der Waals surface area contributed by atoms with Crippen LogP contribution in [0.3, 0.4) is 0 Å². The Labute approximate surface area is 78.9 Å². The van der Waals surface area contributed by atoms with Gasteiger partial charge in [-0.1, -0.05) is 13.8 Å². The lowest BCUT2D eigenvalue weighted by molar-refractivity contribution is -0.125. The predicted octanol–water partition coefficient (Wildman–Crippen LogP) is 0.0634. The maximum atomic E-state index is 11.1. The van der Waals surface area contributed by atoms with E-state index >= 15 is 0 Å². The van der Waals surface area contributed by atoms with Crippen molar-refractivity contribution in [3.05, 3.63) is 0 Å². The number of aldehydes is 1. The first kappa shape index (κ1) is 12.1. The number of hydrogen-bond acceptors (Lipinski definition) is 3. The summed E-state index contributed by atoms with van der Waals surface area (Å²) in [7, 11) is 0. The van der Waals surface area contributed by atoms with Gasteiger partial charge in [0.2, 0.25) is 5.91 Å². The third-order valence-corrected chi connectivity index (χ3v) is 1.63. The Morgan fingerprint density at radius 2 is 2.00 bits per heavy atom. The van der Waals surface area contributed by atoms with Gasteiger partial charge in [0.15, 0.2) is 0 Å². The fraction of sp³-hybridized carbons (Fsp3) is 0.778. The van der Waals surface area contributed by atoms with E-state index in [2.05, 4.69) is 5.32 Å². The van der Waals surface area contributed by atoms with Crippen LogP contribution in [0.5, 0.6) is 0 Å². The van der Waals surface area contributed by atoms with Crippen molar-refractivity contribution in [2.24, 2.45) is 11.7 Å². The van der Waals surface area contributed by atoms with E-state index in [0.717, 1.165) is 6.29 Å². The highest BCUT2D eigenvalue weighted by Gasteiger charge is 2.14. The first-order chi connectivity index (χ1) is 5.97. The molecule has 0 spiro atoms. The summed E-state index contributed by atoms with van der Waals surface area (Å²) in [5.74, 6) is 0.0985. The highest BCUT2D eigenvalue weighted by atomic mass is 16.2. The topological polar surface area (TPSA) is 72.2 Å². The van der Waals surface area contributed by atoms with Crippen LogP contribution in [0.15, 0.2) is 0 Å². The van der Waals surface area contributed by atoms with Gasteiger partial charge < -0.3 is 15.8 Å². The van der Waals surface area contributed by atoms with Crippen LogP contribution < -0.4 is 11.1 Å². The molecule has 0 rings (SSSR count). The lowest BCUT2D eigenvalue weighted by atomic mass is 10.0. The molecule has 0 aliphatic rings. The van der Waals surface area contributed by atoms with Crippen LogP contribution in [0.2, 0.25) is 0 Å². The minimum Gasteiger partial charge on any atom is -0.345 e. The van der Waals surface area contributed by atoms with E-state index < -0.39 is 12.1 Å². The summed E-state index contributed by atoms with van der Waals surface area (Å²) in [6.07, 6.45) is 1.40. The molecule has 0 aliphatic heterocycles. The molecular weight excluding hydrogens is 168 g/mol. The number of carbonyl (C=O) groups is 2. The highest BCUT2D eigenvalue weighted by molar-refractivity contribution is 5.83. The predicted molar refractivity (Wildman–Crippen MR) is 51.1 cm³/mol. The zero-order chi connectivity index (χ0) is 10.4. The molecule has 0 heterocycles. The van der Waals surface area contributed by atoms with Crippen LogP contribution >= 0.6 is 0 Å². The zero-order valence-corrected chi connectivity index (χ0v) is 8.41. The van der Waals surface area contributed by atoms with Crippen molar-refractivity contribution in [1.29, 1.82) is 0 Å². The Balaban J connectivity index is 3.98. The second-order valence-corrected chi connectivity index (χ2v) is 3.67. The SMILES string of the molecule is CC(C)C[C@H](C=O)NC(=O)[C@@H](C)N. The minimum atomic E-state index is -0.561. The number of nitrogens with two attached hydrogens (primary N) is 1. The maximum absolute atomic E-state index is 11.1. The molecule has 0 aromatic carbocycles. The smallest absolute Gasteiger partial charge is 0.237 e. The molecule has 0 unspecified atom stereocenters. The van der Waals surface area contributed by atoms with E-state index in [1.165, 1.54) is 0 Å². The molecule has 0 aromatic heterocycles. The van der Waals surface area contributed by atoms with Gasteiger partial charge in [-0.05, 0) is 19.3 Å². The van der Waals surface area contributed by atoms with Gasteiger partial charge in [-0.2, -0.15) is 0 Å². The second kappa shape index (κ2) is 5.70. The van der Waals surface area contributed by atoms with Crippen molar-refractivity contribution >= 4 is 12.2 Å². The average Bonchev–Trinajstić information content (AvgIpc) is 2.02. The molecule has 0 saturated heterocycles. The molecule has 0 saturated carbocycles. The van der Waals surface area contributed by atoms with Gasteiger partial charge in [0.05, 0.1) is 12.1 Å². The molecule has 0 aromatic rings. The van der Waals surface area contributed by atoms with E-state index in [0.29, 0.717) is 12.3 Å². The number of nitrogens with one attached hydrogen (secondary N) is 1. The molecule has 76 valence electrons. The van der Waals surface area contributed by atoms with E-state index in [1.807, 2.05) is 13.8 Å². The molecule has 4 nitrogen and oxygen atoms in total. The monoisotopic (exact) mass is 186 g/mol. The minimum absolute atomic E-state index is 0.280. The normalized spacial score (nSPS) is 15.2. The van der Waals surface area contributed by atoms with E-state index in [9.17, 15) is 9.59 Å². The standard InChI is InChI=1S/C9H18N2O2/c1-6(2)4-8(5-12)11-9(13)7(3)10/h5-8H,4,10H2,1-3H3,(H,11,13)/t7-,8-/m1/s1. The van der Waals surface area contributed by atoms with Crippen molar-refractivity contribution in [2.45, 2.75) is 39.3 Å². The van der Waals surface area contributed by atoms with Gasteiger partial charge in [0, 0.05) is 0 Å². The molecule has 0 bridgehead atoms. The average molecular weight is 186 g/mol. The Kier molecular flexibility index (Phi) is 5.30. The number of rotatable bonds is 5. The van der Waals surface area contributed by atoms with Crippen LogP contribution in [0, 0.1) is 5.92 Å². The van der Waals surface area contributed by atoms with Crippen molar-refractivity contribution in [2.75, 3.05) is 0 Å². The molecule has 3 N–H and O–H groups in total. The highest BCUT2D eigenvalue weighted by Crippen LogP contribution is 2.02. The summed E-state index contributed by atoms with van der Waals surface area (Å²) >= 11 is 0. The van der Waals surface area contributed by atoms with Crippen LogP contribution in [0.25, 0.3) is 0 Å². The van der Waals surface area contributed by atoms with Crippen LogP contribution in [-0.2, 0) is 9.59 Å². The van der Waals surface area contributed by atoms with Crippen LogP contribution in [0.4, 0.5) is 0 Å². The number of carbonyl (C=O) groups excluding carboxylic acids is 2.